The standard InChI is InChI=1S/C27H24N4O3S/c1-33-22-11-7-19(8-12-22)24-25(20-9-13-23(34-2)14-10-20)31-27(30-24)35-16-15-29-26(32)21-5-3-18(17-28)4-6-21/h3-14H,15-16H2,1-2H3,(H,29,32)(H,30,31). The number of rotatable bonds is 9. The first-order valence-electron chi connectivity index (χ1n) is 10.9. The van der Waals surface area contributed by atoms with Gasteiger partial charge >= 0.3 is 0 Å². The first kappa shape index (κ1) is 23.9. The number of hydrogen-bond acceptors (Lipinski definition) is 6. The van der Waals surface area contributed by atoms with E-state index in [4.69, 9.17) is 19.7 Å². The highest BCUT2D eigenvalue weighted by molar-refractivity contribution is 7.99. The summed E-state index contributed by atoms with van der Waals surface area (Å²) in [6.45, 7) is 0.472. The molecule has 0 unspecified atom stereocenters. The van der Waals surface area contributed by atoms with Crippen molar-refractivity contribution in [3.63, 3.8) is 0 Å². The van der Waals surface area contributed by atoms with Crippen molar-refractivity contribution in [2.75, 3.05) is 26.5 Å². The maximum absolute atomic E-state index is 12.3. The van der Waals surface area contributed by atoms with Gasteiger partial charge in [-0.3, -0.25) is 4.79 Å². The lowest BCUT2D eigenvalue weighted by molar-refractivity contribution is 0.0956. The van der Waals surface area contributed by atoms with Crippen molar-refractivity contribution in [1.82, 2.24) is 15.3 Å². The Morgan fingerprint density at radius 2 is 1.54 bits per heavy atom. The van der Waals surface area contributed by atoms with Crippen molar-refractivity contribution in [1.29, 1.82) is 5.26 Å². The van der Waals surface area contributed by atoms with E-state index in [1.54, 1.807) is 38.5 Å². The van der Waals surface area contributed by atoms with Gasteiger partial charge in [-0.05, 0) is 72.8 Å². The zero-order chi connectivity index (χ0) is 24.6. The molecule has 1 heterocycles. The Kier molecular flexibility index (Phi) is 7.70. The first-order chi connectivity index (χ1) is 17.1. The van der Waals surface area contributed by atoms with Crippen LogP contribution in [0, 0.1) is 11.3 Å². The third-order valence-electron chi connectivity index (χ3n) is 5.33. The lowest BCUT2D eigenvalue weighted by Gasteiger charge is -2.06. The number of thioether (sulfide) groups is 1. The zero-order valence-corrected chi connectivity index (χ0v) is 20.2. The lowest BCUT2D eigenvalue weighted by atomic mass is 10.0. The van der Waals surface area contributed by atoms with Crippen LogP contribution in [0.1, 0.15) is 15.9 Å². The van der Waals surface area contributed by atoms with Crippen LogP contribution < -0.4 is 14.8 Å². The number of methoxy groups -OCH3 is 2. The quantitative estimate of drug-likeness (QED) is 0.252. The van der Waals surface area contributed by atoms with Crippen molar-refractivity contribution < 1.29 is 14.3 Å². The molecule has 4 aromatic rings. The maximum Gasteiger partial charge on any atom is 0.251 e. The normalized spacial score (nSPS) is 10.4. The zero-order valence-electron chi connectivity index (χ0n) is 19.4. The van der Waals surface area contributed by atoms with Crippen LogP contribution in [0.25, 0.3) is 22.5 Å². The van der Waals surface area contributed by atoms with Crippen molar-refractivity contribution in [3.8, 4) is 40.1 Å². The second kappa shape index (κ2) is 11.3. The summed E-state index contributed by atoms with van der Waals surface area (Å²) < 4.78 is 10.6. The van der Waals surface area contributed by atoms with E-state index in [1.165, 1.54) is 11.8 Å². The third kappa shape index (κ3) is 5.83. The van der Waals surface area contributed by atoms with Crippen molar-refractivity contribution in [3.05, 3.63) is 83.9 Å². The summed E-state index contributed by atoms with van der Waals surface area (Å²) in [5, 5.41) is 12.6. The third-order valence-corrected chi connectivity index (χ3v) is 6.20. The number of aromatic amines is 1. The molecule has 4 rings (SSSR count). The number of amides is 1. The van der Waals surface area contributed by atoms with Gasteiger partial charge < -0.3 is 19.8 Å². The number of carbonyl (C=O) groups excluding carboxylic acids is 1. The van der Waals surface area contributed by atoms with Crippen LogP contribution >= 0.6 is 11.8 Å². The molecular formula is C27H24N4O3S. The number of aromatic nitrogens is 2. The second-order valence-corrected chi connectivity index (χ2v) is 8.60. The van der Waals surface area contributed by atoms with Crippen LogP contribution in [0.3, 0.4) is 0 Å². The van der Waals surface area contributed by atoms with Crippen molar-refractivity contribution >= 4 is 17.7 Å². The topological polar surface area (TPSA) is 100 Å². The number of benzene rings is 3. The molecule has 0 radical (unpaired) electrons. The molecule has 0 saturated heterocycles. The van der Waals surface area contributed by atoms with Gasteiger partial charge in [0.15, 0.2) is 5.16 Å². The molecule has 0 spiro atoms. The van der Waals surface area contributed by atoms with Crippen LogP contribution in [-0.4, -0.2) is 42.4 Å². The summed E-state index contributed by atoms with van der Waals surface area (Å²) in [6.07, 6.45) is 0. The van der Waals surface area contributed by atoms with Crippen LogP contribution in [0.4, 0.5) is 0 Å². The molecule has 0 aliphatic rings. The molecule has 8 heteroatoms. The van der Waals surface area contributed by atoms with Gasteiger partial charge in [-0.25, -0.2) is 4.98 Å². The average Bonchev–Trinajstić information content (AvgIpc) is 3.35. The van der Waals surface area contributed by atoms with Crippen LogP contribution in [0.2, 0.25) is 0 Å². The van der Waals surface area contributed by atoms with E-state index in [2.05, 4.69) is 10.3 Å². The van der Waals surface area contributed by atoms with Crippen molar-refractivity contribution in [2.24, 2.45) is 0 Å². The SMILES string of the molecule is COc1ccc(-c2nc(SCCNC(=O)c3ccc(C#N)cc3)[nH]c2-c2ccc(OC)cc2)cc1. The van der Waals surface area contributed by atoms with Gasteiger partial charge in [0, 0.05) is 29.0 Å². The predicted molar refractivity (Wildman–Crippen MR) is 137 cm³/mol. The Morgan fingerprint density at radius 1 is 0.943 bits per heavy atom. The predicted octanol–water partition coefficient (Wildman–Crippen LogP) is 5.15. The van der Waals surface area contributed by atoms with E-state index in [0.29, 0.717) is 23.4 Å². The van der Waals surface area contributed by atoms with Gasteiger partial charge in [-0.1, -0.05) is 11.8 Å². The largest absolute Gasteiger partial charge is 0.497 e. The van der Waals surface area contributed by atoms with Gasteiger partial charge in [0.2, 0.25) is 0 Å². The van der Waals surface area contributed by atoms with Crippen molar-refractivity contribution in [2.45, 2.75) is 5.16 Å². The van der Waals surface area contributed by atoms with Gasteiger partial charge in [0.05, 0.1) is 37.2 Å². The maximum atomic E-state index is 12.3. The highest BCUT2D eigenvalue weighted by Crippen LogP contribution is 2.34. The number of ether oxygens (including phenoxy) is 2. The summed E-state index contributed by atoms with van der Waals surface area (Å²) in [5.74, 6) is 2.03. The number of carbonyl (C=O) groups is 1. The molecule has 176 valence electrons. The number of nitrogens with zero attached hydrogens (tertiary/aromatic N) is 2. The lowest BCUT2D eigenvalue weighted by Crippen LogP contribution is -2.25. The number of H-pyrrole nitrogens is 1. The number of nitriles is 1. The summed E-state index contributed by atoms with van der Waals surface area (Å²) >= 11 is 1.53. The molecule has 0 fully saturated rings. The monoisotopic (exact) mass is 484 g/mol. The molecular weight excluding hydrogens is 460 g/mol. The Morgan fingerprint density at radius 3 is 2.11 bits per heavy atom. The molecule has 0 aliphatic heterocycles. The minimum Gasteiger partial charge on any atom is -0.497 e. The molecule has 35 heavy (non-hydrogen) atoms. The first-order valence-corrected chi connectivity index (χ1v) is 11.9. The van der Waals surface area contributed by atoms with Gasteiger partial charge in [0.25, 0.3) is 5.91 Å². The molecule has 0 atom stereocenters. The fourth-order valence-electron chi connectivity index (χ4n) is 3.45. The molecule has 7 nitrogen and oxygen atoms in total. The smallest absolute Gasteiger partial charge is 0.251 e. The fourth-order valence-corrected chi connectivity index (χ4v) is 4.18. The van der Waals surface area contributed by atoms with E-state index in [1.807, 2.05) is 54.6 Å². The summed E-state index contributed by atoms with van der Waals surface area (Å²) in [4.78, 5) is 20.6. The molecule has 2 N–H and O–H groups in total. The minimum absolute atomic E-state index is 0.174. The molecule has 0 aliphatic carbocycles. The molecule has 1 aromatic heterocycles. The molecule has 1 amide bonds. The van der Waals surface area contributed by atoms with E-state index in [-0.39, 0.29) is 5.91 Å². The van der Waals surface area contributed by atoms with E-state index in [0.717, 1.165) is 39.2 Å². The Labute approximate surface area is 208 Å². The highest BCUT2D eigenvalue weighted by Gasteiger charge is 2.15. The van der Waals surface area contributed by atoms with Crippen LogP contribution in [-0.2, 0) is 0 Å². The summed E-state index contributed by atoms with van der Waals surface area (Å²) in [7, 11) is 3.28. The van der Waals surface area contributed by atoms with E-state index < -0.39 is 0 Å². The Bertz CT molecular complexity index is 1260. The molecule has 3 aromatic carbocycles. The summed E-state index contributed by atoms with van der Waals surface area (Å²) in [6, 6.07) is 24.2. The van der Waals surface area contributed by atoms with E-state index in [9.17, 15) is 4.79 Å². The highest BCUT2D eigenvalue weighted by atomic mass is 32.2. The molecule has 0 bridgehead atoms. The number of nitrogens with one attached hydrogen (secondary N) is 2. The average molecular weight is 485 g/mol. The summed E-state index contributed by atoms with van der Waals surface area (Å²) in [5.41, 5.74) is 4.74. The second-order valence-electron chi connectivity index (χ2n) is 7.52. The Hall–Kier alpha value is -4.22. The Balaban J connectivity index is 1.47. The fraction of sp³-hybridized carbons (Fsp3) is 0.148. The van der Waals surface area contributed by atoms with Crippen LogP contribution in [0.15, 0.2) is 78.0 Å². The van der Waals surface area contributed by atoms with E-state index >= 15 is 0 Å². The van der Waals surface area contributed by atoms with Gasteiger partial charge in [-0.2, -0.15) is 5.26 Å². The number of imidazole rings is 1. The van der Waals surface area contributed by atoms with Gasteiger partial charge in [-0.15, -0.1) is 0 Å². The molecule has 0 saturated carbocycles. The van der Waals surface area contributed by atoms with Crippen LogP contribution in [0.5, 0.6) is 11.5 Å². The number of hydrogen-bond donors (Lipinski definition) is 2. The minimum atomic E-state index is -0.174. The van der Waals surface area contributed by atoms with Gasteiger partial charge in [0.1, 0.15) is 11.5 Å².